The number of ether oxygens (including phenoxy) is 1. The van der Waals surface area contributed by atoms with E-state index >= 15 is 0 Å². The van der Waals surface area contributed by atoms with E-state index in [0.29, 0.717) is 0 Å². The first kappa shape index (κ1) is 24.6. The molecule has 1 fully saturated rings. The van der Waals surface area contributed by atoms with Gasteiger partial charge in [0.2, 0.25) is 0 Å². The summed E-state index contributed by atoms with van der Waals surface area (Å²) in [6.45, 7) is 3.01. The van der Waals surface area contributed by atoms with Crippen molar-refractivity contribution in [3.8, 4) is 0 Å². The van der Waals surface area contributed by atoms with Crippen LogP contribution in [0, 0.1) is 16.0 Å². The van der Waals surface area contributed by atoms with Gasteiger partial charge in [0.15, 0.2) is 6.61 Å². The lowest BCUT2D eigenvalue weighted by Crippen LogP contribution is -2.46. The Balaban J connectivity index is 1.93. The first-order valence-electron chi connectivity index (χ1n) is 10.4. The van der Waals surface area contributed by atoms with Crippen molar-refractivity contribution in [1.82, 2.24) is 10.6 Å². The number of nitro groups is 1. The highest BCUT2D eigenvalue weighted by atomic mass is 35.5. The average Bonchev–Trinajstić information content (AvgIpc) is 2.98. The van der Waals surface area contributed by atoms with Crippen molar-refractivity contribution < 1.29 is 24.0 Å². The molecular weight excluding hydrogens is 426 g/mol. The predicted molar refractivity (Wildman–Crippen MR) is 115 cm³/mol. The molecule has 1 aliphatic rings. The summed E-state index contributed by atoms with van der Waals surface area (Å²) in [4.78, 5) is 47.4. The highest BCUT2D eigenvalue weighted by molar-refractivity contribution is 6.34. The summed E-state index contributed by atoms with van der Waals surface area (Å²) in [7, 11) is 0. The summed E-state index contributed by atoms with van der Waals surface area (Å²) in [5.74, 6) is -2.10. The number of amides is 2. The van der Waals surface area contributed by atoms with Gasteiger partial charge in [0.05, 0.1) is 15.5 Å². The third kappa shape index (κ3) is 7.50. The molecule has 0 heterocycles. The second-order valence-corrected chi connectivity index (χ2v) is 8.39. The van der Waals surface area contributed by atoms with Crippen LogP contribution in [-0.2, 0) is 14.3 Å². The largest absolute Gasteiger partial charge is 0.454 e. The summed E-state index contributed by atoms with van der Waals surface area (Å²) in [6.07, 6.45) is 6.29. The van der Waals surface area contributed by atoms with Crippen LogP contribution in [0.3, 0.4) is 0 Å². The lowest BCUT2D eigenvalue weighted by atomic mass is 10.0. The number of nitro benzene ring substituents is 1. The molecular formula is C21H28ClN3O6. The fraction of sp³-hybridized carbons (Fsp3) is 0.571. The number of esters is 1. The van der Waals surface area contributed by atoms with E-state index < -0.39 is 29.4 Å². The summed E-state index contributed by atoms with van der Waals surface area (Å²) in [5, 5.41) is 16.1. The Morgan fingerprint density at radius 3 is 2.39 bits per heavy atom. The molecule has 0 radical (unpaired) electrons. The average molecular weight is 454 g/mol. The van der Waals surface area contributed by atoms with Crippen molar-refractivity contribution >= 4 is 35.1 Å². The van der Waals surface area contributed by atoms with Crippen LogP contribution in [0.25, 0.3) is 0 Å². The molecule has 0 bridgehead atoms. The number of benzene rings is 1. The number of carbonyl (C=O) groups is 3. The van der Waals surface area contributed by atoms with Crippen LogP contribution < -0.4 is 10.6 Å². The van der Waals surface area contributed by atoms with Gasteiger partial charge in [-0.15, -0.1) is 0 Å². The van der Waals surface area contributed by atoms with E-state index in [9.17, 15) is 24.5 Å². The van der Waals surface area contributed by atoms with Crippen molar-refractivity contribution in [2.75, 3.05) is 6.61 Å². The van der Waals surface area contributed by atoms with Crippen LogP contribution in [0.2, 0.25) is 5.02 Å². The van der Waals surface area contributed by atoms with E-state index in [1.54, 1.807) is 13.8 Å². The molecule has 0 spiro atoms. The standard InChI is InChI=1S/C21H28ClN3O6/c1-13(2)19(24-20(27)16-10-9-15(25(29)30)11-17(16)22)21(28)31-12-18(26)23-14-7-5-3-4-6-8-14/h9-11,13-14,19H,3-8,12H2,1-2H3,(H,23,26)(H,24,27). The van der Waals surface area contributed by atoms with Gasteiger partial charge in [0.1, 0.15) is 6.04 Å². The maximum atomic E-state index is 12.5. The SMILES string of the molecule is CC(C)C(NC(=O)c1ccc([N+](=O)[O-])cc1Cl)C(=O)OCC(=O)NC1CCCCCC1. The second-order valence-electron chi connectivity index (χ2n) is 7.98. The van der Waals surface area contributed by atoms with Gasteiger partial charge in [-0.1, -0.05) is 51.1 Å². The molecule has 2 N–H and O–H groups in total. The molecule has 1 aliphatic carbocycles. The van der Waals surface area contributed by atoms with Crippen LogP contribution in [0.5, 0.6) is 0 Å². The van der Waals surface area contributed by atoms with E-state index in [-0.39, 0.29) is 34.1 Å². The molecule has 170 valence electrons. The van der Waals surface area contributed by atoms with Gasteiger partial charge in [0.25, 0.3) is 17.5 Å². The molecule has 0 aromatic heterocycles. The van der Waals surface area contributed by atoms with Gasteiger partial charge < -0.3 is 15.4 Å². The van der Waals surface area contributed by atoms with Crippen molar-refractivity contribution in [2.24, 2.45) is 5.92 Å². The van der Waals surface area contributed by atoms with Crippen LogP contribution >= 0.6 is 11.6 Å². The number of hydrogen-bond acceptors (Lipinski definition) is 6. The van der Waals surface area contributed by atoms with E-state index in [1.807, 2.05) is 0 Å². The molecule has 0 saturated heterocycles. The van der Waals surface area contributed by atoms with E-state index in [2.05, 4.69) is 10.6 Å². The molecule has 1 saturated carbocycles. The maximum Gasteiger partial charge on any atom is 0.329 e. The van der Waals surface area contributed by atoms with Crippen LogP contribution in [0.1, 0.15) is 62.7 Å². The Kier molecular flexibility index (Phi) is 9.23. The van der Waals surface area contributed by atoms with E-state index in [4.69, 9.17) is 16.3 Å². The molecule has 1 aromatic rings. The number of non-ortho nitro benzene ring substituents is 1. The highest BCUT2D eigenvalue weighted by Crippen LogP contribution is 2.23. The van der Waals surface area contributed by atoms with Gasteiger partial charge in [-0.3, -0.25) is 19.7 Å². The number of nitrogens with one attached hydrogen (secondary N) is 2. The lowest BCUT2D eigenvalue weighted by Gasteiger charge is -2.21. The monoisotopic (exact) mass is 453 g/mol. The molecule has 2 amide bonds. The Morgan fingerprint density at radius 2 is 1.84 bits per heavy atom. The minimum atomic E-state index is -1.01. The van der Waals surface area contributed by atoms with Crippen molar-refractivity contribution in [3.63, 3.8) is 0 Å². The fourth-order valence-corrected chi connectivity index (χ4v) is 3.70. The zero-order valence-electron chi connectivity index (χ0n) is 17.7. The van der Waals surface area contributed by atoms with Gasteiger partial charge in [-0.2, -0.15) is 0 Å². The normalized spacial score (nSPS) is 15.6. The molecule has 1 aromatic carbocycles. The summed E-state index contributed by atoms with van der Waals surface area (Å²) in [6, 6.07) is 2.53. The quantitative estimate of drug-likeness (QED) is 0.269. The van der Waals surface area contributed by atoms with E-state index in [1.165, 1.54) is 6.07 Å². The Bertz CT molecular complexity index is 821. The molecule has 10 heteroatoms. The number of rotatable bonds is 8. The van der Waals surface area contributed by atoms with Crippen molar-refractivity contribution in [3.05, 3.63) is 38.9 Å². The Hall–Kier alpha value is -2.68. The summed E-state index contributed by atoms with van der Waals surface area (Å²) >= 11 is 5.98. The molecule has 1 unspecified atom stereocenters. The third-order valence-corrected chi connectivity index (χ3v) is 5.49. The predicted octanol–water partition coefficient (Wildman–Crippen LogP) is 3.38. The zero-order valence-corrected chi connectivity index (χ0v) is 18.4. The van der Waals surface area contributed by atoms with Gasteiger partial charge >= 0.3 is 5.97 Å². The molecule has 9 nitrogen and oxygen atoms in total. The summed E-state index contributed by atoms with van der Waals surface area (Å²) in [5.41, 5.74) is -0.252. The molecule has 31 heavy (non-hydrogen) atoms. The minimum Gasteiger partial charge on any atom is -0.454 e. The number of carbonyl (C=O) groups excluding carboxylic acids is 3. The topological polar surface area (TPSA) is 128 Å². The number of hydrogen-bond donors (Lipinski definition) is 2. The minimum absolute atomic E-state index is 0.00294. The van der Waals surface area contributed by atoms with Crippen LogP contribution in [-0.4, -0.2) is 41.4 Å². The molecule has 0 aliphatic heterocycles. The van der Waals surface area contributed by atoms with Crippen molar-refractivity contribution in [2.45, 2.75) is 64.5 Å². The number of halogens is 1. The van der Waals surface area contributed by atoms with Gasteiger partial charge in [-0.05, 0) is 24.8 Å². The van der Waals surface area contributed by atoms with Gasteiger partial charge in [0, 0.05) is 18.2 Å². The Labute approximate surface area is 186 Å². The van der Waals surface area contributed by atoms with E-state index in [0.717, 1.165) is 50.7 Å². The van der Waals surface area contributed by atoms with Gasteiger partial charge in [-0.25, -0.2) is 4.79 Å². The lowest BCUT2D eigenvalue weighted by molar-refractivity contribution is -0.384. The summed E-state index contributed by atoms with van der Waals surface area (Å²) < 4.78 is 5.13. The number of nitrogens with zero attached hydrogens (tertiary/aromatic N) is 1. The van der Waals surface area contributed by atoms with Crippen LogP contribution in [0.4, 0.5) is 5.69 Å². The first-order chi connectivity index (χ1) is 14.7. The second kappa shape index (κ2) is 11.6. The molecule has 2 rings (SSSR count). The highest BCUT2D eigenvalue weighted by Gasteiger charge is 2.28. The van der Waals surface area contributed by atoms with Crippen LogP contribution in [0.15, 0.2) is 18.2 Å². The smallest absolute Gasteiger partial charge is 0.329 e. The Morgan fingerprint density at radius 1 is 1.19 bits per heavy atom. The zero-order chi connectivity index (χ0) is 23.0. The van der Waals surface area contributed by atoms with Crippen molar-refractivity contribution in [1.29, 1.82) is 0 Å². The molecule has 1 atom stereocenters. The fourth-order valence-electron chi connectivity index (χ4n) is 3.44. The third-order valence-electron chi connectivity index (χ3n) is 5.18. The maximum absolute atomic E-state index is 12.5. The first-order valence-corrected chi connectivity index (χ1v) is 10.8.